The highest BCUT2D eigenvalue weighted by Gasteiger charge is 2.74. The van der Waals surface area contributed by atoms with Gasteiger partial charge in [0.15, 0.2) is 11.6 Å². The molecule has 1 aliphatic carbocycles. The molecule has 18 atom stereocenters. The van der Waals surface area contributed by atoms with Crippen molar-refractivity contribution in [2.75, 3.05) is 13.1 Å². The molecule has 0 radical (unpaired) electrons. The zero-order valence-electron chi connectivity index (χ0n) is 39.3. The predicted octanol–water partition coefficient (Wildman–Crippen LogP) is 7.39. The Labute approximate surface area is 365 Å². The maximum Gasteiger partial charge on any atom is 0.318 e. The first-order valence-electron chi connectivity index (χ1n) is 23.9. The van der Waals surface area contributed by atoms with Gasteiger partial charge in [-0.2, -0.15) is 0 Å². The van der Waals surface area contributed by atoms with Crippen molar-refractivity contribution in [3.8, 4) is 0 Å². The fourth-order valence-corrected chi connectivity index (χ4v) is 12.5. The summed E-state index contributed by atoms with van der Waals surface area (Å²) in [6, 6.07) is -0.867. The van der Waals surface area contributed by atoms with Crippen molar-refractivity contribution >= 4 is 17.8 Å². The molecule has 0 bridgehead atoms. The van der Waals surface area contributed by atoms with Gasteiger partial charge in [-0.15, -0.1) is 0 Å². The minimum Gasteiger partial charge on any atom is -0.481 e. The Bertz CT molecular complexity index is 1640. The number of hydrogen-bond acceptors (Lipinski definition) is 10. The second-order valence-electron chi connectivity index (χ2n) is 20.6. The molecule has 2 amide bonds. The molecular weight excluding hydrogens is 781 g/mol. The standard InChI is InChI=1S/C48H80N2O11/c1-13-33(41(53)54)35-19-18-29(7)46(58-35)27-43(46,11)40(52)31(9)38(51)34(14-2)39-28(6)26-30(8)47(59-39)23-20-36(49-42(55)50(16-4)17-5)48(61-47)25-24-44(12,60-48)37-21-22-45(56,15-3)32(10)57-37/h20,23,28-37,39-40,52,56H,13-19,21-22,24-27H2,1-12H3,(H,49,55)(H,53,54)/t28-,29-,30+,31+,32-,33+,34?,35+,36+,37+,39-,40+,43?,44-,45+,46+,47-,48-/m0/s1. The molecule has 0 aromatic carbocycles. The molecular formula is C48H80N2O11. The van der Waals surface area contributed by atoms with Gasteiger partial charge in [0.05, 0.1) is 53.2 Å². The van der Waals surface area contributed by atoms with Crippen LogP contribution in [-0.2, 0) is 33.3 Å². The number of aliphatic carboxylic acids is 1. The number of nitrogens with zero attached hydrogens (tertiary/aromatic N) is 1. The summed E-state index contributed by atoms with van der Waals surface area (Å²) in [4.78, 5) is 42.3. The summed E-state index contributed by atoms with van der Waals surface area (Å²) in [6.07, 6.45) is 7.73. The first-order valence-corrected chi connectivity index (χ1v) is 23.9. The maximum absolute atomic E-state index is 14.8. The van der Waals surface area contributed by atoms with Gasteiger partial charge >= 0.3 is 12.0 Å². The summed E-state index contributed by atoms with van der Waals surface area (Å²) in [5.41, 5.74) is -3.09. The number of urea groups is 1. The van der Waals surface area contributed by atoms with Gasteiger partial charge in [0.2, 0.25) is 0 Å². The van der Waals surface area contributed by atoms with Crippen molar-refractivity contribution in [1.29, 1.82) is 0 Å². The van der Waals surface area contributed by atoms with Crippen LogP contribution in [0.4, 0.5) is 4.79 Å². The van der Waals surface area contributed by atoms with Crippen LogP contribution in [0.15, 0.2) is 12.2 Å². The molecule has 5 aliphatic heterocycles. The van der Waals surface area contributed by atoms with Crippen molar-refractivity contribution in [3.63, 3.8) is 0 Å². The second-order valence-corrected chi connectivity index (χ2v) is 20.6. The third-order valence-electron chi connectivity index (χ3n) is 17.1. The van der Waals surface area contributed by atoms with Gasteiger partial charge in [0.1, 0.15) is 11.8 Å². The highest BCUT2D eigenvalue weighted by Crippen LogP contribution is 2.68. The summed E-state index contributed by atoms with van der Waals surface area (Å²) in [7, 11) is 0. The topological polar surface area (TPSA) is 173 Å². The van der Waals surface area contributed by atoms with E-state index >= 15 is 0 Å². The van der Waals surface area contributed by atoms with E-state index in [1.54, 1.807) is 4.90 Å². The summed E-state index contributed by atoms with van der Waals surface area (Å²) >= 11 is 0. The van der Waals surface area contributed by atoms with Crippen molar-refractivity contribution in [3.05, 3.63) is 12.2 Å². The molecule has 4 N–H and O–H groups in total. The van der Waals surface area contributed by atoms with E-state index in [0.717, 1.165) is 6.42 Å². The highest BCUT2D eigenvalue weighted by molar-refractivity contribution is 5.84. The minimum absolute atomic E-state index is 0.0107. The van der Waals surface area contributed by atoms with Crippen LogP contribution in [0.25, 0.3) is 0 Å². The molecule has 0 aromatic heterocycles. The predicted molar refractivity (Wildman–Crippen MR) is 230 cm³/mol. The van der Waals surface area contributed by atoms with Crippen LogP contribution >= 0.6 is 0 Å². The van der Waals surface area contributed by atoms with E-state index in [9.17, 15) is 29.7 Å². The number of aliphatic hydroxyl groups excluding tert-OH is 1. The summed E-state index contributed by atoms with van der Waals surface area (Å²) in [5, 5.41) is 36.5. The fourth-order valence-electron chi connectivity index (χ4n) is 12.5. The minimum atomic E-state index is -1.31. The Hall–Kier alpha value is -2.13. The molecule has 5 fully saturated rings. The Kier molecular flexibility index (Phi) is 14.0. The van der Waals surface area contributed by atoms with E-state index in [2.05, 4.69) is 26.1 Å². The normalized spacial score (nSPS) is 45.3. The lowest BCUT2D eigenvalue weighted by Crippen LogP contribution is -2.66. The van der Waals surface area contributed by atoms with Gasteiger partial charge in [-0.3, -0.25) is 9.59 Å². The van der Waals surface area contributed by atoms with Gasteiger partial charge in [-0.25, -0.2) is 4.79 Å². The molecule has 0 aromatic rings. The van der Waals surface area contributed by atoms with Gasteiger partial charge in [-0.1, -0.05) is 61.5 Å². The third-order valence-corrected chi connectivity index (χ3v) is 17.1. The van der Waals surface area contributed by atoms with Crippen LogP contribution in [0, 0.1) is 40.9 Å². The Morgan fingerprint density at radius 3 is 2.15 bits per heavy atom. The number of aliphatic hydroxyl groups is 2. The number of Topliss-reactive ketones (excluding diaryl/α,β-unsaturated/α-hetero) is 1. The zero-order valence-corrected chi connectivity index (χ0v) is 39.3. The summed E-state index contributed by atoms with van der Waals surface area (Å²) < 4.78 is 34.9. The molecule has 3 spiro atoms. The first-order chi connectivity index (χ1) is 28.6. The monoisotopic (exact) mass is 861 g/mol. The largest absolute Gasteiger partial charge is 0.481 e. The zero-order chi connectivity index (χ0) is 45.1. The van der Waals surface area contributed by atoms with Gasteiger partial charge in [0, 0.05) is 42.7 Å². The number of carbonyl (C=O) groups is 3. The van der Waals surface area contributed by atoms with Crippen LogP contribution in [-0.4, -0.2) is 116 Å². The second kappa shape index (κ2) is 17.7. The van der Waals surface area contributed by atoms with Crippen molar-refractivity contribution < 1.29 is 53.4 Å². The van der Waals surface area contributed by atoms with E-state index in [1.165, 1.54) is 0 Å². The van der Waals surface area contributed by atoms with E-state index < -0.39 is 81.9 Å². The lowest BCUT2D eigenvalue weighted by Gasteiger charge is -2.55. The number of carboxylic acids is 1. The number of amides is 2. The summed E-state index contributed by atoms with van der Waals surface area (Å²) in [6.45, 7) is 24.9. The Morgan fingerprint density at radius 1 is 0.885 bits per heavy atom. The summed E-state index contributed by atoms with van der Waals surface area (Å²) in [5.74, 6) is -5.45. The van der Waals surface area contributed by atoms with Crippen molar-refractivity contribution in [2.24, 2.45) is 40.9 Å². The van der Waals surface area contributed by atoms with Crippen LogP contribution in [0.3, 0.4) is 0 Å². The van der Waals surface area contributed by atoms with Gasteiger partial charge in [-0.05, 0) is 110 Å². The number of ether oxygens (including phenoxy) is 5. The van der Waals surface area contributed by atoms with Crippen LogP contribution in [0.1, 0.15) is 154 Å². The quantitative estimate of drug-likeness (QED) is 0.128. The maximum atomic E-state index is 14.8. The lowest BCUT2D eigenvalue weighted by atomic mass is 9.72. The average molecular weight is 861 g/mol. The number of carboxylic acid groups (broad SMARTS) is 1. The smallest absolute Gasteiger partial charge is 0.318 e. The van der Waals surface area contributed by atoms with E-state index in [4.69, 9.17) is 23.7 Å². The molecule has 348 valence electrons. The van der Waals surface area contributed by atoms with Crippen LogP contribution < -0.4 is 5.32 Å². The van der Waals surface area contributed by atoms with Gasteiger partial charge < -0.3 is 49.2 Å². The number of rotatable bonds is 14. The number of ketones is 1. The van der Waals surface area contributed by atoms with Gasteiger partial charge in [0.25, 0.3) is 0 Å². The molecule has 1 saturated carbocycles. The average Bonchev–Trinajstić information content (AvgIpc) is 3.68. The van der Waals surface area contributed by atoms with Crippen molar-refractivity contribution in [1.82, 2.24) is 10.2 Å². The van der Waals surface area contributed by atoms with Crippen LogP contribution in [0.5, 0.6) is 0 Å². The molecule has 4 saturated heterocycles. The molecule has 6 rings (SSSR count). The molecule has 5 heterocycles. The number of hydrogen-bond donors (Lipinski definition) is 4. The lowest BCUT2D eigenvalue weighted by molar-refractivity contribution is -0.398. The molecule has 13 heteroatoms. The van der Waals surface area contributed by atoms with E-state index in [-0.39, 0.29) is 41.8 Å². The fraction of sp³-hybridized carbons (Fsp3) is 0.896. The highest BCUT2D eigenvalue weighted by atomic mass is 16.8. The Balaban J connectivity index is 1.25. The van der Waals surface area contributed by atoms with E-state index in [1.807, 2.05) is 74.5 Å². The number of nitrogens with one attached hydrogen (secondary N) is 1. The third kappa shape index (κ3) is 8.26. The first kappa shape index (κ1) is 48.3. The van der Waals surface area contributed by atoms with Crippen molar-refractivity contribution in [2.45, 2.75) is 219 Å². The Morgan fingerprint density at radius 2 is 1.56 bits per heavy atom. The van der Waals surface area contributed by atoms with Crippen LogP contribution in [0.2, 0.25) is 0 Å². The number of carbonyl (C=O) groups excluding carboxylic acids is 2. The molecule has 6 aliphatic rings. The van der Waals surface area contributed by atoms with E-state index in [0.29, 0.717) is 77.3 Å². The molecule has 2 unspecified atom stereocenters. The molecule has 13 nitrogen and oxygen atoms in total. The SMILES string of the molecule is CCC(C(=O)[C@@H](C)[C@@H](O)C1(C)C[C@]12O[C@@H]([C@@H](CC)C(=O)O)CC[C@@H]2C)[C@H]1O[C@]2(C=C[C@@H](NC(=O)N(CC)CC)[C@]3(CC[C@@](C)([C@H]4CC[C@](O)(CC)[C@H](C)O4)O3)O2)[C@H](C)C[C@@H]1C. The molecule has 61 heavy (non-hydrogen) atoms.